The maximum atomic E-state index is 12.5. The van der Waals surface area contributed by atoms with Crippen molar-refractivity contribution in [2.45, 2.75) is 24.8 Å². The fourth-order valence-corrected chi connectivity index (χ4v) is 3.91. The number of nitrogens with zero attached hydrogens (tertiary/aromatic N) is 1. The molecule has 23 heavy (non-hydrogen) atoms. The van der Waals surface area contributed by atoms with Crippen LogP contribution in [-0.2, 0) is 16.6 Å². The van der Waals surface area contributed by atoms with E-state index in [4.69, 9.17) is 11.6 Å². The van der Waals surface area contributed by atoms with Gasteiger partial charge in [-0.1, -0.05) is 17.7 Å². The van der Waals surface area contributed by atoms with E-state index in [0.29, 0.717) is 29.5 Å². The molecule has 0 bridgehead atoms. The van der Waals surface area contributed by atoms with E-state index in [2.05, 4.69) is 10.0 Å². The van der Waals surface area contributed by atoms with Crippen molar-refractivity contribution in [2.24, 2.45) is 0 Å². The van der Waals surface area contributed by atoms with Crippen LogP contribution in [0, 0.1) is 6.92 Å². The Balaban J connectivity index is 1.94. The molecule has 1 aromatic carbocycles. The highest BCUT2D eigenvalue weighted by molar-refractivity contribution is 7.92. The minimum Gasteiger partial charge on any atom is -0.351 e. The Morgan fingerprint density at radius 3 is 2.83 bits per heavy atom. The van der Waals surface area contributed by atoms with Crippen LogP contribution < -0.4 is 10.0 Å². The van der Waals surface area contributed by atoms with Gasteiger partial charge in [0.15, 0.2) is 0 Å². The highest BCUT2D eigenvalue weighted by Gasteiger charge is 2.23. The largest absolute Gasteiger partial charge is 0.351 e. The number of anilines is 1. The van der Waals surface area contributed by atoms with Gasteiger partial charge in [0.2, 0.25) is 0 Å². The van der Waals surface area contributed by atoms with Crippen LogP contribution in [0.25, 0.3) is 0 Å². The molecule has 0 aliphatic carbocycles. The van der Waals surface area contributed by atoms with E-state index in [1.807, 2.05) is 6.92 Å². The maximum absolute atomic E-state index is 12.5. The van der Waals surface area contributed by atoms with E-state index in [1.54, 1.807) is 22.8 Å². The Morgan fingerprint density at radius 1 is 1.30 bits per heavy atom. The lowest BCUT2D eigenvalue weighted by Gasteiger charge is -2.09. The molecule has 1 aliphatic rings. The second-order valence-electron chi connectivity index (χ2n) is 5.45. The fraction of sp³-hybridized carbons (Fsp3) is 0.267. The van der Waals surface area contributed by atoms with Crippen molar-refractivity contribution >= 4 is 33.2 Å². The molecule has 0 saturated heterocycles. The number of amides is 1. The number of carbonyl (C=O) groups excluding carboxylic acids is 1. The summed E-state index contributed by atoms with van der Waals surface area (Å²) in [6, 6.07) is 6.45. The smallest absolute Gasteiger partial charge is 0.267 e. The van der Waals surface area contributed by atoms with Gasteiger partial charge < -0.3 is 9.88 Å². The van der Waals surface area contributed by atoms with Crippen LogP contribution in [0.2, 0.25) is 5.02 Å². The molecule has 2 N–H and O–H groups in total. The third kappa shape index (κ3) is 3.20. The molecule has 1 aromatic heterocycles. The number of hydrogen-bond donors (Lipinski definition) is 2. The number of benzene rings is 1. The molecule has 2 heterocycles. The quantitative estimate of drug-likeness (QED) is 0.889. The van der Waals surface area contributed by atoms with Crippen molar-refractivity contribution in [3.05, 3.63) is 46.7 Å². The number of nitrogens with one attached hydrogen (secondary N) is 2. The first-order valence-corrected chi connectivity index (χ1v) is 9.00. The molecule has 0 saturated carbocycles. The number of halogens is 1. The molecule has 1 aliphatic heterocycles. The molecule has 6 nitrogen and oxygen atoms in total. The second-order valence-corrected chi connectivity index (χ2v) is 7.54. The van der Waals surface area contributed by atoms with Gasteiger partial charge in [-0.25, -0.2) is 8.42 Å². The van der Waals surface area contributed by atoms with Crippen molar-refractivity contribution in [3.8, 4) is 0 Å². The Morgan fingerprint density at radius 2 is 2.09 bits per heavy atom. The average molecular weight is 354 g/mol. The summed E-state index contributed by atoms with van der Waals surface area (Å²) >= 11 is 6.07. The van der Waals surface area contributed by atoms with Crippen LogP contribution in [0.15, 0.2) is 35.4 Å². The molecule has 3 rings (SSSR count). The lowest BCUT2D eigenvalue weighted by Crippen LogP contribution is -2.22. The molecule has 0 fully saturated rings. The van der Waals surface area contributed by atoms with E-state index in [0.717, 1.165) is 12.0 Å². The molecule has 0 radical (unpaired) electrons. The average Bonchev–Trinajstić information content (AvgIpc) is 2.84. The van der Waals surface area contributed by atoms with Gasteiger partial charge in [0, 0.05) is 19.3 Å². The SMILES string of the molecule is Cc1ccc(NS(=O)(=O)c2cc3n(c2)CCCNC3=O)c(Cl)c1. The van der Waals surface area contributed by atoms with Gasteiger partial charge in [0.25, 0.3) is 15.9 Å². The summed E-state index contributed by atoms with van der Waals surface area (Å²) in [5.41, 5.74) is 1.59. The van der Waals surface area contributed by atoms with E-state index in [9.17, 15) is 13.2 Å². The number of carbonyl (C=O) groups is 1. The summed E-state index contributed by atoms with van der Waals surface area (Å²) in [5.74, 6) is -0.266. The Hall–Kier alpha value is -1.99. The van der Waals surface area contributed by atoms with Gasteiger partial charge in [-0.05, 0) is 37.1 Å². The van der Waals surface area contributed by atoms with Crippen molar-refractivity contribution in [1.29, 1.82) is 0 Å². The maximum Gasteiger partial charge on any atom is 0.267 e. The predicted molar refractivity (Wildman–Crippen MR) is 88.4 cm³/mol. The highest BCUT2D eigenvalue weighted by atomic mass is 35.5. The number of hydrogen-bond acceptors (Lipinski definition) is 3. The second kappa shape index (κ2) is 5.90. The van der Waals surface area contributed by atoms with Gasteiger partial charge in [-0.15, -0.1) is 0 Å². The predicted octanol–water partition coefficient (Wildman–Crippen LogP) is 2.38. The van der Waals surface area contributed by atoms with E-state index in [-0.39, 0.29) is 10.8 Å². The van der Waals surface area contributed by atoms with Gasteiger partial charge in [0.1, 0.15) is 10.6 Å². The van der Waals surface area contributed by atoms with Crippen molar-refractivity contribution in [2.75, 3.05) is 11.3 Å². The summed E-state index contributed by atoms with van der Waals surface area (Å²) in [5, 5.41) is 3.06. The molecule has 1 amide bonds. The van der Waals surface area contributed by atoms with Crippen LogP contribution in [0.4, 0.5) is 5.69 Å². The number of fused-ring (bicyclic) bond motifs is 1. The number of aromatic nitrogens is 1. The molecule has 122 valence electrons. The van der Waals surface area contributed by atoms with Gasteiger partial charge in [-0.2, -0.15) is 0 Å². The summed E-state index contributed by atoms with van der Waals surface area (Å²) in [7, 11) is -3.81. The summed E-state index contributed by atoms with van der Waals surface area (Å²) in [6.07, 6.45) is 2.23. The fourth-order valence-electron chi connectivity index (χ4n) is 2.45. The zero-order valence-corrected chi connectivity index (χ0v) is 14.0. The van der Waals surface area contributed by atoms with Crippen LogP contribution in [0.5, 0.6) is 0 Å². The molecular weight excluding hydrogens is 338 g/mol. The molecule has 2 aromatic rings. The highest BCUT2D eigenvalue weighted by Crippen LogP contribution is 2.26. The molecule has 8 heteroatoms. The molecular formula is C15H16ClN3O3S. The first kappa shape index (κ1) is 15.9. The van der Waals surface area contributed by atoms with Crippen molar-refractivity contribution in [3.63, 3.8) is 0 Å². The Bertz CT molecular complexity index is 874. The van der Waals surface area contributed by atoms with E-state index < -0.39 is 10.0 Å². The van der Waals surface area contributed by atoms with Crippen LogP contribution in [-0.4, -0.2) is 25.4 Å². The third-order valence-electron chi connectivity index (χ3n) is 3.64. The van der Waals surface area contributed by atoms with Gasteiger partial charge in [0.05, 0.1) is 10.7 Å². The van der Waals surface area contributed by atoms with Crippen molar-refractivity contribution < 1.29 is 13.2 Å². The third-order valence-corrected chi connectivity index (χ3v) is 5.29. The van der Waals surface area contributed by atoms with E-state index in [1.165, 1.54) is 12.3 Å². The van der Waals surface area contributed by atoms with Crippen LogP contribution in [0.1, 0.15) is 22.5 Å². The summed E-state index contributed by atoms with van der Waals surface area (Å²) in [4.78, 5) is 12.0. The Labute approximate surface area is 139 Å². The zero-order valence-electron chi connectivity index (χ0n) is 12.5. The monoisotopic (exact) mass is 353 g/mol. The number of sulfonamides is 1. The lowest BCUT2D eigenvalue weighted by atomic mass is 10.2. The number of rotatable bonds is 3. The molecule has 0 atom stereocenters. The lowest BCUT2D eigenvalue weighted by molar-refractivity contribution is 0.0951. The summed E-state index contributed by atoms with van der Waals surface area (Å²) in [6.45, 7) is 3.04. The number of aryl methyl sites for hydroxylation is 2. The summed E-state index contributed by atoms with van der Waals surface area (Å²) < 4.78 is 29.2. The zero-order chi connectivity index (χ0) is 16.6. The first-order valence-electron chi connectivity index (χ1n) is 7.14. The minimum absolute atomic E-state index is 0.0428. The van der Waals surface area contributed by atoms with E-state index >= 15 is 0 Å². The minimum atomic E-state index is -3.81. The normalized spacial score (nSPS) is 14.8. The first-order chi connectivity index (χ1) is 10.9. The van der Waals surface area contributed by atoms with Crippen LogP contribution >= 0.6 is 11.6 Å². The van der Waals surface area contributed by atoms with Crippen molar-refractivity contribution in [1.82, 2.24) is 9.88 Å². The molecule has 0 spiro atoms. The van der Waals surface area contributed by atoms with Gasteiger partial charge in [-0.3, -0.25) is 9.52 Å². The van der Waals surface area contributed by atoms with Crippen LogP contribution in [0.3, 0.4) is 0 Å². The Kier molecular flexibility index (Phi) is 4.08. The standard InChI is InChI=1S/C15H16ClN3O3S/c1-10-3-4-13(12(16)7-10)18-23(21,22)11-8-14-15(20)17-5-2-6-19(14)9-11/h3-4,7-9,18H,2,5-6H2,1H3,(H,17,20). The van der Waals surface area contributed by atoms with Gasteiger partial charge >= 0.3 is 0 Å². The molecule has 0 unspecified atom stereocenters. The topological polar surface area (TPSA) is 80.2 Å².